The van der Waals surface area contributed by atoms with Gasteiger partial charge in [0.15, 0.2) is 0 Å². The molecule has 0 saturated carbocycles. The van der Waals surface area contributed by atoms with Crippen molar-refractivity contribution in [2.45, 2.75) is 25.3 Å². The van der Waals surface area contributed by atoms with E-state index in [9.17, 15) is 0 Å². The molecule has 3 nitrogen and oxygen atoms in total. The second-order valence-electron chi connectivity index (χ2n) is 3.88. The lowest BCUT2D eigenvalue weighted by Crippen LogP contribution is -2.40. The Bertz CT molecular complexity index is 119. The Morgan fingerprint density at radius 3 is 2.50 bits per heavy atom. The minimum absolute atomic E-state index is 0.337. The first-order chi connectivity index (χ1) is 5.74. The van der Waals surface area contributed by atoms with E-state index in [1.165, 1.54) is 25.9 Å². The molecule has 0 aromatic heterocycles. The quantitative estimate of drug-likeness (QED) is 0.628. The molecule has 1 saturated heterocycles. The molecule has 1 rings (SSSR count). The molecule has 72 valence electrons. The number of likely N-dealkylation sites (tertiary alicyclic amines) is 1. The standard InChI is InChI=1S/C9H21N3/c1-12-6-3-8(4-7-12)9(11)2-5-10/h8-9H,2-7,10-11H2,1H3. The van der Waals surface area contributed by atoms with Gasteiger partial charge in [0.05, 0.1) is 0 Å². The zero-order valence-electron chi connectivity index (χ0n) is 8.00. The molecule has 1 heterocycles. The highest BCUT2D eigenvalue weighted by molar-refractivity contribution is 4.78. The third-order valence-corrected chi connectivity index (χ3v) is 2.87. The van der Waals surface area contributed by atoms with Crippen LogP contribution < -0.4 is 11.5 Å². The second kappa shape index (κ2) is 4.80. The van der Waals surface area contributed by atoms with Gasteiger partial charge in [0.1, 0.15) is 0 Å². The molecule has 1 fully saturated rings. The van der Waals surface area contributed by atoms with Crippen molar-refractivity contribution in [1.82, 2.24) is 4.90 Å². The largest absolute Gasteiger partial charge is 0.330 e. The Kier molecular flexibility index (Phi) is 3.98. The highest BCUT2D eigenvalue weighted by Gasteiger charge is 2.21. The molecule has 1 atom stereocenters. The highest BCUT2D eigenvalue weighted by atomic mass is 15.1. The molecule has 1 unspecified atom stereocenters. The van der Waals surface area contributed by atoms with Gasteiger partial charge in [-0.15, -0.1) is 0 Å². The van der Waals surface area contributed by atoms with Crippen LogP contribution in [0.5, 0.6) is 0 Å². The summed E-state index contributed by atoms with van der Waals surface area (Å²) in [7, 11) is 2.17. The van der Waals surface area contributed by atoms with Gasteiger partial charge in [-0.2, -0.15) is 0 Å². The predicted molar refractivity (Wildman–Crippen MR) is 51.9 cm³/mol. The first-order valence-electron chi connectivity index (χ1n) is 4.88. The van der Waals surface area contributed by atoms with Gasteiger partial charge in [-0.25, -0.2) is 0 Å². The first kappa shape index (κ1) is 9.96. The predicted octanol–water partition coefficient (Wildman–Crippen LogP) is 0.00430. The number of hydrogen-bond donors (Lipinski definition) is 2. The summed E-state index contributed by atoms with van der Waals surface area (Å²) in [5, 5.41) is 0. The maximum Gasteiger partial charge on any atom is 0.00801 e. The van der Waals surface area contributed by atoms with E-state index in [0.717, 1.165) is 13.0 Å². The van der Waals surface area contributed by atoms with Crippen LogP contribution in [0.2, 0.25) is 0 Å². The van der Waals surface area contributed by atoms with Crippen molar-refractivity contribution in [3.63, 3.8) is 0 Å². The lowest BCUT2D eigenvalue weighted by Gasteiger charge is -2.32. The van der Waals surface area contributed by atoms with Crippen LogP contribution in [0.25, 0.3) is 0 Å². The van der Waals surface area contributed by atoms with E-state index in [0.29, 0.717) is 12.0 Å². The van der Waals surface area contributed by atoms with Crippen LogP contribution in [-0.2, 0) is 0 Å². The van der Waals surface area contributed by atoms with Crippen LogP contribution >= 0.6 is 0 Å². The summed E-state index contributed by atoms with van der Waals surface area (Å²) in [4.78, 5) is 2.37. The van der Waals surface area contributed by atoms with Crippen molar-refractivity contribution in [3.8, 4) is 0 Å². The number of nitrogens with two attached hydrogens (primary N) is 2. The van der Waals surface area contributed by atoms with Crippen LogP contribution in [0.4, 0.5) is 0 Å². The minimum atomic E-state index is 0.337. The summed E-state index contributed by atoms with van der Waals surface area (Å²) < 4.78 is 0. The van der Waals surface area contributed by atoms with E-state index in [2.05, 4.69) is 11.9 Å². The lowest BCUT2D eigenvalue weighted by atomic mass is 9.88. The molecule has 0 bridgehead atoms. The maximum atomic E-state index is 6.01. The third-order valence-electron chi connectivity index (χ3n) is 2.87. The Hall–Kier alpha value is -0.120. The summed E-state index contributed by atoms with van der Waals surface area (Å²) in [6.45, 7) is 3.12. The average molecular weight is 171 g/mol. The molecule has 1 aliphatic heterocycles. The summed E-state index contributed by atoms with van der Waals surface area (Å²) >= 11 is 0. The lowest BCUT2D eigenvalue weighted by molar-refractivity contribution is 0.196. The molecule has 0 aromatic carbocycles. The van der Waals surface area contributed by atoms with Gasteiger partial charge in [0, 0.05) is 6.04 Å². The highest BCUT2D eigenvalue weighted by Crippen LogP contribution is 2.19. The number of rotatable bonds is 3. The number of piperidine rings is 1. The molecule has 1 aliphatic rings. The van der Waals surface area contributed by atoms with Crippen LogP contribution in [0.3, 0.4) is 0 Å². The zero-order chi connectivity index (χ0) is 8.97. The molecule has 0 aromatic rings. The average Bonchev–Trinajstić information content (AvgIpc) is 2.06. The zero-order valence-corrected chi connectivity index (χ0v) is 8.00. The van der Waals surface area contributed by atoms with Gasteiger partial charge < -0.3 is 16.4 Å². The van der Waals surface area contributed by atoms with Crippen molar-refractivity contribution >= 4 is 0 Å². The molecule has 0 radical (unpaired) electrons. The van der Waals surface area contributed by atoms with Gasteiger partial charge in [0.2, 0.25) is 0 Å². The van der Waals surface area contributed by atoms with Crippen LogP contribution in [0.1, 0.15) is 19.3 Å². The van der Waals surface area contributed by atoms with E-state index in [1.54, 1.807) is 0 Å². The molecule has 12 heavy (non-hydrogen) atoms. The second-order valence-corrected chi connectivity index (χ2v) is 3.88. The fourth-order valence-electron chi connectivity index (χ4n) is 1.88. The Labute approximate surface area is 75.1 Å². The molecule has 0 spiro atoms. The number of hydrogen-bond acceptors (Lipinski definition) is 3. The molecular formula is C9H21N3. The van der Waals surface area contributed by atoms with Crippen molar-refractivity contribution < 1.29 is 0 Å². The topological polar surface area (TPSA) is 55.3 Å². The number of nitrogens with zero attached hydrogens (tertiary/aromatic N) is 1. The van der Waals surface area contributed by atoms with Crippen molar-refractivity contribution in [3.05, 3.63) is 0 Å². The van der Waals surface area contributed by atoms with Gasteiger partial charge in [-0.05, 0) is 51.9 Å². The van der Waals surface area contributed by atoms with Gasteiger partial charge >= 0.3 is 0 Å². The van der Waals surface area contributed by atoms with E-state index >= 15 is 0 Å². The van der Waals surface area contributed by atoms with Gasteiger partial charge in [0.25, 0.3) is 0 Å². The van der Waals surface area contributed by atoms with Gasteiger partial charge in [-0.1, -0.05) is 0 Å². The summed E-state index contributed by atoms with van der Waals surface area (Å²) in [6.07, 6.45) is 3.48. The first-order valence-corrected chi connectivity index (χ1v) is 4.88. The minimum Gasteiger partial charge on any atom is -0.330 e. The molecule has 3 heteroatoms. The van der Waals surface area contributed by atoms with Crippen LogP contribution in [0, 0.1) is 5.92 Å². The monoisotopic (exact) mass is 171 g/mol. The van der Waals surface area contributed by atoms with E-state index < -0.39 is 0 Å². The molecule has 4 N–H and O–H groups in total. The van der Waals surface area contributed by atoms with Crippen LogP contribution in [0.15, 0.2) is 0 Å². The Balaban J connectivity index is 2.24. The molecule has 0 amide bonds. The summed E-state index contributed by atoms with van der Waals surface area (Å²) in [5.41, 5.74) is 11.5. The maximum absolute atomic E-state index is 6.01. The van der Waals surface area contributed by atoms with E-state index in [-0.39, 0.29) is 0 Å². The van der Waals surface area contributed by atoms with Crippen LogP contribution in [-0.4, -0.2) is 37.6 Å². The molecular weight excluding hydrogens is 150 g/mol. The molecule has 0 aliphatic carbocycles. The van der Waals surface area contributed by atoms with Crippen molar-refractivity contribution in [2.75, 3.05) is 26.7 Å². The SMILES string of the molecule is CN1CCC(C(N)CCN)CC1. The van der Waals surface area contributed by atoms with E-state index in [1.807, 2.05) is 0 Å². The smallest absolute Gasteiger partial charge is 0.00801 e. The normalized spacial score (nSPS) is 24.2. The third kappa shape index (κ3) is 2.73. The van der Waals surface area contributed by atoms with Gasteiger partial charge in [-0.3, -0.25) is 0 Å². The Morgan fingerprint density at radius 2 is 2.00 bits per heavy atom. The van der Waals surface area contributed by atoms with Crippen molar-refractivity contribution in [1.29, 1.82) is 0 Å². The van der Waals surface area contributed by atoms with E-state index in [4.69, 9.17) is 11.5 Å². The fourth-order valence-corrected chi connectivity index (χ4v) is 1.88. The summed E-state index contributed by atoms with van der Waals surface area (Å²) in [6, 6.07) is 0.337. The Morgan fingerprint density at radius 1 is 1.42 bits per heavy atom. The van der Waals surface area contributed by atoms with Crippen molar-refractivity contribution in [2.24, 2.45) is 17.4 Å². The fraction of sp³-hybridized carbons (Fsp3) is 1.00. The summed E-state index contributed by atoms with van der Waals surface area (Å²) in [5.74, 6) is 0.713.